The molecule has 0 saturated heterocycles. The van der Waals surface area contributed by atoms with Crippen LogP contribution in [0.4, 0.5) is 0 Å². The van der Waals surface area contributed by atoms with Crippen molar-refractivity contribution in [3.8, 4) is 5.75 Å². The third-order valence-corrected chi connectivity index (χ3v) is 3.02. The number of esters is 1. The number of carbonyl (C=O) groups excluding carboxylic acids is 1. The highest BCUT2D eigenvalue weighted by Gasteiger charge is 2.02. The first-order chi connectivity index (χ1) is 10.5. The van der Waals surface area contributed by atoms with Gasteiger partial charge in [-0.05, 0) is 37.5 Å². The minimum absolute atomic E-state index is 0.173. The standard InChI is InChI=1S/C16H23N3O3/c1-12(17)15(18)7-4-8-22-14-6-3-5-13(9-14)10-19-11-16(20)21-2/h3,5-6,9,17-19H,4,7-8,10-11H2,1-2H3. The van der Waals surface area contributed by atoms with Crippen molar-refractivity contribution in [3.63, 3.8) is 0 Å². The molecule has 0 unspecified atom stereocenters. The Labute approximate surface area is 130 Å². The summed E-state index contributed by atoms with van der Waals surface area (Å²) >= 11 is 0. The third kappa shape index (κ3) is 6.99. The van der Waals surface area contributed by atoms with E-state index in [2.05, 4.69) is 10.1 Å². The van der Waals surface area contributed by atoms with E-state index in [9.17, 15) is 4.79 Å². The average molecular weight is 305 g/mol. The van der Waals surface area contributed by atoms with Crippen molar-refractivity contribution in [2.75, 3.05) is 20.3 Å². The largest absolute Gasteiger partial charge is 0.494 e. The molecule has 3 N–H and O–H groups in total. The summed E-state index contributed by atoms with van der Waals surface area (Å²) in [5.41, 5.74) is 1.67. The van der Waals surface area contributed by atoms with E-state index in [1.807, 2.05) is 24.3 Å². The summed E-state index contributed by atoms with van der Waals surface area (Å²) in [5, 5.41) is 17.9. The van der Waals surface area contributed by atoms with E-state index in [1.54, 1.807) is 6.92 Å². The number of nitrogens with one attached hydrogen (secondary N) is 3. The van der Waals surface area contributed by atoms with Gasteiger partial charge >= 0.3 is 5.97 Å². The molecule has 0 aromatic heterocycles. The van der Waals surface area contributed by atoms with Crippen molar-refractivity contribution in [2.45, 2.75) is 26.3 Å². The first-order valence-electron chi connectivity index (χ1n) is 7.15. The van der Waals surface area contributed by atoms with Crippen LogP contribution < -0.4 is 10.1 Å². The van der Waals surface area contributed by atoms with Crippen LogP contribution in [0.1, 0.15) is 25.3 Å². The van der Waals surface area contributed by atoms with Crippen LogP contribution in [0.25, 0.3) is 0 Å². The second kappa shape index (κ2) is 9.68. The lowest BCUT2D eigenvalue weighted by atomic mass is 10.1. The molecule has 0 heterocycles. The van der Waals surface area contributed by atoms with Crippen molar-refractivity contribution in [2.24, 2.45) is 0 Å². The predicted molar refractivity (Wildman–Crippen MR) is 86.0 cm³/mol. The molecule has 0 saturated carbocycles. The second-order valence-electron chi connectivity index (χ2n) is 4.88. The maximum Gasteiger partial charge on any atom is 0.319 e. The maximum atomic E-state index is 11.0. The Kier molecular flexibility index (Phi) is 7.85. The van der Waals surface area contributed by atoms with Gasteiger partial charge in [0.1, 0.15) is 5.75 Å². The number of ether oxygens (including phenoxy) is 2. The molecule has 6 nitrogen and oxygen atoms in total. The van der Waals surface area contributed by atoms with E-state index in [-0.39, 0.29) is 12.5 Å². The lowest BCUT2D eigenvalue weighted by Gasteiger charge is -2.09. The SMILES string of the molecule is COC(=O)CNCc1cccc(OCCCC(=N)C(C)=N)c1. The molecule has 0 spiro atoms. The highest BCUT2D eigenvalue weighted by Crippen LogP contribution is 2.13. The van der Waals surface area contributed by atoms with Crippen LogP contribution >= 0.6 is 0 Å². The first kappa shape index (κ1) is 17.8. The van der Waals surface area contributed by atoms with Gasteiger partial charge in [-0.15, -0.1) is 0 Å². The molecule has 1 aromatic carbocycles. The molecule has 0 bridgehead atoms. The quantitative estimate of drug-likeness (QED) is 0.351. The summed E-state index contributed by atoms with van der Waals surface area (Å²) in [7, 11) is 1.36. The second-order valence-corrected chi connectivity index (χ2v) is 4.88. The Balaban J connectivity index is 2.33. The van der Waals surface area contributed by atoms with E-state index < -0.39 is 0 Å². The summed E-state index contributed by atoms with van der Waals surface area (Å²) in [4.78, 5) is 11.0. The Morgan fingerprint density at radius 1 is 1.32 bits per heavy atom. The van der Waals surface area contributed by atoms with Crippen LogP contribution in [-0.4, -0.2) is 37.7 Å². The van der Waals surface area contributed by atoms with Gasteiger partial charge < -0.3 is 25.6 Å². The molecule has 0 aliphatic heterocycles. The highest BCUT2D eigenvalue weighted by atomic mass is 16.5. The fraction of sp³-hybridized carbons (Fsp3) is 0.438. The summed E-state index contributed by atoms with van der Waals surface area (Å²) in [5.74, 6) is 0.465. The molecule has 0 aliphatic rings. The third-order valence-electron chi connectivity index (χ3n) is 3.02. The zero-order valence-corrected chi connectivity index (χ0v) is 13.1. The number of rotatable bonds is 10. The molecule has 0 aliphatic carbocycles. The molecule has 1 aromatic rings. The number of hydrogen-bond acceptors (Lipinski definition) is 6. The molecule has 22 heavy (non-hydrogen) atoms. The van der Waals surface area contributed by atoms with Crippen molar-refractivity contribution in [1.82, 2.24) is 5.32 Å². The fourth-order valence-corrected chi connectivity index (χ4v) is 1.75. The fourth-order valence-electron chi connectivity index (χ4n) is 1.75. The minimum atomic E-state index is -0.295. The van der Waals surface area contributed by atoms with Gasteiger partial charge in [-0.2, -0.15) is 0 Å². The molecule has 1 rings (SSSR count). The van der Waals surface area contributed by atoms with Crippen molar-refractivity contribution in [1.29, 1.82) is 10.8 Å². The van der Waals surface area contributed by atoms with Gasteiger partial charge in [0.2, 0.25) is 0 Å². The molecule has 0 radical (unpaired) electrons. The van der Waals surface area contributed by atoms with E-state index in [1.165, 1.54) is 7.11 Å². The smallest absolute Gasteiger partial charge is 0.319 e. The normalized spacial score (nSPS) is 10.1. The summed E-state index contributed by atoms with van der Waals surface area (Å²) in [6.45, 7) is 2.86. The van der Waals surface area contributed by atoms with E-state index in [0.717, 1.165) is 11.3 Å². The molecule has 0 fully saturated rings. The molecule has 0 amide bonds. The monoisotopic (exact) mass is 305 g/mol. The Morgan fingerprint density at radius 2 is 2.09 bits per heavy atom. The molecule has 0 atom stereocenters. The van der Waals surface area contributed by atoms with Crippen molar-refractivity contribution >= 4 is 17.4 Å². The highest BCUT2D eigenvalue weighted by molar-refractivity contribution is 6.38. The van der Waals surface area contributed by atoms with Gasteiger partial charge in [0.25, 0.3) is 0 Å². The first-order valence-corrected chi connectivity index (χ1v) is 7.15. The molecular formula is C16H23N3O3. The van der Waals surface area contributed by atoms with Crippen molar-refractivity contribution < 1.29 is 14.3 Å². The maximum absolute atomic E-state index is 11.0. The minimum Gasteiger partial charge on any atom is -0.494 e. The van der Waals surface area contributed by atoms with Gasteiger partial charge in [-0.3, -0.25) is 4.79 Å². The van der Waals surface area contributed by atoms with Crippen LogP contribution in [-0.2, 0) is 16.1 Å². The van der Waals surface area contributed by atoms with Gasteiger partial charge in [0, 0.05) is 12.3 Å². The van der Waals surface area contributed by atoms with Crippen LogP contribution in [0.15, 0.2) is 24.3 Å². The molecule has 120 valence electrons. The molecule has 6 heteroatoms. The zero-order chi connectivity index (χ0) is 16.4. The predicted octanol–water partition coefficient (Wildman–Crippen LogP) is 2.17. The van der Waals surface area contributed by atoms with Crippen LogP contribution in [0.5, 0.6) is 5.75 Å². The number of hydrogen-bond donors (Lipinski definition) is 3. The van der Waals surface area contributed by atoms with Gasteiger partial charge in [0.15, 0.2) is 0 Å². The number of methoxy groups -OCH3 is 1. The lowest BCUT2D eigenvalue weighted by Crippen LogP contribution is -2.23. The topological polar surface area (TPSA) is 95.3 Å². The zero-order valence-electron chi connectivity index (χ0n) is 13.1. The van der Waals surface area contributed by atoms with E-state index in [4.69, 9.17) is 15.6 Å². The average Bonchev–Trinajstić information content (AvgIpc) is 2.51. The van der Waals surface area contributed by atoms with Gasteiger partial charge in [0.05, 0.1) is 26.0 Å². The number of benzene rings is 1. The summed E-state index contributed by atoms with van der Waals surface area (Å²) in [6.07, 6.45) is 1.26. The van der Waals surface area contributed by atoms with Gasteiger partial charge in [-0.25, -0.2) is 0 Å². The number of carbonyl (C=O) groups is 1. The Hall–Kier alpha value is -2.21. The van der Waals surface area contributed by atoms with Crippen LogP contribution in [0.3, 0.4) is 0 Å². The van der Waals surface area contributed by atoms with E-state index in [0.29, 0.717) is 37.4 Å². The Morgan fingerprint density at radius 3 is 2.77 bits per heavy atom. The summed E-state index contributed by atoms with van der Waals surface area (Å²) < 4.78 is 10.2. The van der Waals surface area contributed by atoms with Crippen molar-refractivity contribution in [3.05, 3.63) is 29.8 Å². The van der Waals surface area contributed by atoms with Crippen LogP contribution in [0, 0.1) is 10.8 Å². The lowest BCUT2D eigenvalue weighted by molar-refractivity contribution is -0.139. The Bertz CT molecular complexity index is 529. The van der Waals surface area contributed by atoms with Crippen LogP contribution in [0.2, 0.25) is 0 Å². The van der Waals surface area contributed by atoms with E-state index >= 15 is 0 Å². The molecular weight excluding hydrogens is 282 g/mol. The van der Waals surface area contributed by atoms with Gasteiger partial charge in [-0.1, -0.05) is 12.1 Å². The summed E-state index contributed by atoms with van der Waals surface area (Å²) in [6, 6.07) is 7.63.